The van der Waals surface area contributed by atoms with Crippen molar-refractivity contribution in [2.24, 2.45) is 5.92 Å². The molecule has 0 radical (unpaired) electrons. The number of nitrogens with zero attached hydrogens (tertiary/aromatic N) is 3. The van der Waals surface area contributed by atoms with Crippen molar-refractivity contribution in [2.45, 2.75) is 33.1 Å². The van der Waals surface area contributed by atoms with Gasteiger partial charge in [-0.25, -0.2) is 14.4 Å². The molecular weight excluding hydrogens is 331 g/mol. The average Bonchev–Trinajstić information content (AvgIpc) is 2.62. The molecule has 0 saturated carbocycles. The van der Waals surface area contributed by atoms with Gasteiger partial charge in [-0.1, -0.05) is 25.1 Å². The lowest BCUT2D eigenvalue weighted by atomic mass is 10.0. The first-order valence-electron chi connectivity index (χ1n) is 9.15. The standard InChI is InChI=1S/C20H25FN4O/c1-14-6-5-11-25(13-14)20-23-15(2)12-18(24-20)19(26)22-10-9-16-7-3-4-8-17(16)21/h3-4,7-8,12,14H,5-6,9-11,13H2,1-2H3,(H,22,26). The number of hydrogen-bond acceptors (Lipinski definition) is 4. The predicted octanol–water partition coefficient (Wildman–Crippen LogP) is 3.13. The van der Waals surface area contributed by atoms with E-state index in [1.807, 2.05) is 6.92 Å². The number of anilines is 1. The summed E-state index contributed by atoms with van der Waals surface area (Å²) in [6, 6.07) is 8.29. The van der Waals surface area contributed by atoms with E-state index < -0.39 is 0 Å². The fourth-order valence-electron chi connectivity index (χ4n) is 3.28. The molecule has 1 amide bonds. The lowest BCUT2D eigenvalue weighted by molar-refractivity contribution is 0.0949. The molecule has 1 saturated heterocycles. The molecule has 26 heavy (non-hydrogen) atoms. The second-order valence-corrected chi connectivity index (χ2v) is 6.99. The van der Waals surface area contributed by atoms with E-state index in [4.69, 9.17) is 0 Å². The first kappa shape index (κ1) is 18.3. The van der Waals surface area contributed by atoms with Crippen LogP contribution in [0.3, 0.4) is 0 Å². The topological polar surface area (TPSA) is 58.1 Å². The molecule has 0 aliphatic carbocycles. The first-order valence-corrected chi connectivity index (χ1v) is 9.15. The Bertz CT molecular complexity index is 780. The van der Waals surface area contributed by atoms with Crippen molar-refractivity contribution in [1.29, 1.82) is 0 Å². The number of rotatable bonds is 5. The molecule has 0 bridgehead atoms. The molecule has 0 spiro atoms. The predicted molar refractivity (Wildman–Crippen MR) is 99.8 cm³/mol. The van der Waals surface area contributed by atoms with Crippen molar-refractivity contribution < 1.29 is 9.18 Å². The molecule has 5 nitrogen and oxygen atoms in total. The number of hydrogen-bond donors (Lipinski definition) is 1. The number of nitrogens with one attached hydrogen (secondary N) is 1. The Kier molecular flexibility index (Phi) is 5.81. The van der Waals surface area contributed by atoms with Gasteiger partial charge in [0.25, 0.3) is 5.91 Å². The summed E-state index contributed by atoms with van der Waals surface area (Å²) in [4.78, 5) is 23.6. The fourth-order valence-corrected chi connectivity index (χ4v) is 3.28. The number of aromatic nitrogens is 2. The Balaban J connectivity index is 1.64. The molecule has 138 valence electrons. The minimum atomic E-state index is -0.252. The Morgan fingerprint density at radius 2 is 2.15 bits per heavy atom. The van der Waals surface area contributed by atoms with Gasteiger partial charge in [0.05, 0.1) is 0 Å². The average molecular weight is 356 g/mol. The van der Waals surface area contributed by atoms with Crippen LogP contribution in [0.1, 0.15) is 41.5 Å². The largest absolute Gasteiger partial charge is 0.350 e. The highest BCUT2D eigenvalue weighted by Gasteiger charge is 2.20. The van der Waals surface area contributed by atoms with Gasteiger partial charge in [0, 0.05) is 25.3 Å². The zero-order chi connectivity index (χ0) is 18.5. The number of carbonyl (C=O) groups is 1. The zero-order valence-electron chi connectivity index (χ0n) is 15.3. The third-order valence-corrected chi connectivity index (χ3v) is 4.65. The van der Waals surface area contributed by atoms with Crippen molar-refractivity contribution in [3.8, 4) is 0 Å². The van der Waals surface area contributed by atoms with Gasteiger partial charge >= 0.3 is 0 Å². The van der Waals surface area contributed by atoms with E-state index in [1.165, 1.54) is 12.5 Å². The van der Waals surface area contributed by atoms with Gasteiger partial charge in [0.1, 0.15) is 11.5 Å². The van der Waals surface area contributed by atoms with Crippen LogP contribution in [0.4, 0.5) is 10.3 Å². The van der Waals surface area contributed by atoms with Crippen molar-refractivity contribution in [1.82, 2.24) is 15.3 Å². The van der Waals surface area contributed by atoms with Crippen LogP contribution in [0, 0.1) is 18.7 Å². The van der Waals surface area contributed by atoms with Crippen LogP contribution >= 0.6 is 0 Å². The molecular formula is C20H25FN4O. The Labute approximate surface area is 153 Å². The van der Waals surface area contributed by atoms with Crippen LogP contribution < -0.4 is 10.2 Å². The van der Waals surface area contributed by atoms with E-state index in [2.05, 4.69) is 27.1 Å². The smallest absolute Gasteiger partial charge is 0.270 e. The summed E-state index contributed by atoms with van der Waals surface area (Å²) >= 11 is 0. The van der Waals surface area contributed by atoms with Crippen molar-refractivity contribution in [2.75, 3.05) is 24.5 Å². The zero-order valence-corrected chi connectivity index (χ0v) is 15.3. The van der Waals surface area contributed by atoms with Gasteiger partial charge in [0.15, 0.2) is 0 Å². The van der Waals surface area contributed by atoms with Crippen LogP contribution in [0.5, 0.6) is 0 Å². The van der Waals surface area contributed by atoms with Gasteiger partial charge in [-0.05, 0) is 49.8 Å². The number of piperidine rings is 1. The molecule has 1 fully saturated rings. The maximum atomic E-state index is 13.6. The Hall–Kier alpha value is -2.50. The Morgan fingerprint density at radius 3 is 2.92 bits per heavy atom. The van der Waals surface area contributed by atoms with Crippen molar-refractivity contribution >= 4 is 11.9 Å². The van der Waals surface area contributed by atoms with Crippen molar-refractivity contribution in [3.05, 3.63) is 53.1 Å². The third-order valence-electron chi connectivity index (χ3n) is 4.65. The SMILES string of the molecule is Cc1cc(C(=O)NCCc2ccccc2F)nc(N2CCCC(C)C2)n1. The highest BCUT2D eigenvalue weighted by molar-refractivity contribution is 5.92. The maximum Gasteiger partial charge on any atom is 0.270 e. The molecule has 1 atom stereocenters. The molecule has 2 aromatic rings. The lowest BCUT2D eigenvalue weighted by Crippen LogP contribution is -2.36. The molecule has 1 aliphatic rings. The second-order valence-electron chi connectivity index (χ2n) is 6.99. The second kappa shape index (κ2) is 8.25. The van der Waals surface area contributed by atoms with Gasteiger partial charge in [0.2, 0.25) is 5.95 Å². The lowest BCUT2D eigenvalue weighted by Gasteiger charge is -2.31. The summed E-state index contributed by atoms with van der Waals surface area (Å²) in [5, 5.41) is 2.83. The summed E-state index contributed by atoms with van der Waals surface area (Å²) in [6.07, 6.45) is 2.77. The summed E-state index contributed by atoms with van der Waals surface area (Å²) in [5.41, 5.74) is 1.72. The summed E-state index contributed by atoms with van der Waals surface area (Å²) < 4.78 is 13.6. The van der Waals surface area contributed by atoms with Gasteiger partial charge < -0.3 is 10.2 Å². The molecule has 1 N–H and O–H groups in total. The van der Waals surface area contributed by atoms with Crippen LogP contribution in [-0.2, 0) is 6.42 Å². The van der Waals surface area contributed by atoms with E-state index in [-0.39, 0.29) is 11.7 Å². The highest BCUT2D eigenvalue weighted by Crippen LogP contribution is 2.20. The highest BCUT2D eigenvalue weighted by atomic mass is 19.1. The van der Waals surface area contributed by atoms with Gasteiger partial charge in [-0.3, -0.25) is 4.79 Å². The fraction of sp³-hybridized carbons (Fsp3) is 0.450. The normalized spacial score (nSPS) is 17.2. The molecule has 3 rings (SSSR count). The number of aryl methyl sites for hydroxylation is 1. The molecule has 1 aromatic carbocycles. The third kappa shape index (κ3) is 4.56. The van der Waals surface area contributed by atoms with E-state index in [0.29, 0.717) is 36.1 Å². The van der Waals surface area contributed by atoms with Crippen LogP contribution in [0.2, 0.25) is 0 Å². The molecule has 2 heterocycles. The summed E-state index contributed by atoms with van der Waals surface area (Å²) in [7, 11) is 0. The van der Waals surface area contributed by atoms with E-state index >= 15 is 0 Å². The molecule has 1 unspecified atom stereocenters. The number of halogens is 1. The summed E-state index contributed by atoms with van der Waals surface area (Å²) in [5.74, 6) is 0.723. The number of benzene rings is 1. The number of carbonyl (C=O) groups excluding carboxylic acids is 1. The summed E-state index contributed by atoms with van der Waals surface area (Å²) in [6.45, 7) is 6.28. The minimum Gasteiger partial charge on any atom is -0.350 e. The molecule has 6 heteroatoms. The van der Waals surface area contributed by atoms with Crippen LogP contribution in [-0.4, -0.2) is 35.5 Å². The first-order chi connectivity index (χ1) is 12.5. The van der Waals surface area contributed by atoms with Gasteiger partial charge in [-0.15, -0.1) is 0 Å². The van der Waals surface area contributed by atoms with E-state index in [0.717, 1.165) is 25.2 Å². The minimum absolute atomic E-state index is 0.249. The van der Waals surface area contributed by atoms with Crippen molar-refractivity contribution in [3.63, 3.8) is 0 Å². The monoisotopic (exact) mass is 356 g/mol. The van der Waals surface area contributed by atoms with E-state index in [1.54, 1.807) is 24.3 Å². The van der Waals surface area contributed by atoms with Crippen LogP contribution in [0.25, 0.3) is 0 Å². The van der Waals surface area contributed by atoms with Gasteiger partial charge in [-0.2, -0.15) is 0 Å². The maximum absolute atomic E-state index is 13.6. The number of amides is 1. The quantitative estimate of drug-likeness (QED) is 0.894. The molecule has 1 aliphatic heterocycles. The Morgan fingerprint density at radius 1 is 1.35 bits per heavy atom. The van der Waals surface area contributed by atoms with Crippen LogP contribution in [0.15, 0.2) is 30.3 Å². The molecule has 1 aromatic heterocycles. The van der Waals surface area contributed by atoms with E-state index in [9.17, 15) is 9.18 Å².